The van der Waals surface area contributed by atoms with Gasteiger partial charge in [0, 0.05) is 73.9 Å². The Bertz CT molecular complexity index is 2390. The zero-order valence-corrected chi connectivity index (χ0v) is 55.1. The number of nitrogens with zero attached hydrogens (tertiary/aromatic N) is 6. The minimum Gasteiger partial charge on any atom is -0.381 e. The molecule has 0 spiro atoms. The van der Waals surface area contributed by atoms with Gasteiger partial charge in [0.2, 0.25) is 41.4 Å². The second kappa shape index (κ2) is 30.9. The predicted molar refractivity (Wildman–Crippen MR) is 326 cm³/mol. The predicted octanol–water partition coefficient (Wildman–Crippen LogP) is 6.83. The molecular formula is C65H110N8O12. The third-order valence-electron chi connectivity index (χ3n) is 20.6. The summed E-state index contributed by atoms with van der Waals surface area (Å²) in [4.78, 5) is 138. The average molecular weight is 1200 g/mol. The van der Waals surface area contributed by atoms with Crippen LogP contribution in [0.5, 0.6) is 0 Å². The van der Waals surface area contributed by atoms with Gasteiger partial charge in [-0.15, -0.1) is 0 Å². The average Bonchev–Trinajstić information content (AvgIpc) is 1.48. The number of carbonyl (C=O) groups is 9. The van der Waals surface area contributed by atoms with E-state index >= 15 is 0 Å². The maximum Gasteiger partial charge on any atom is 0.272 e. The summed E-state index contributed by atoms with van der Waals surface area (Å²) in [7, 11) is 8.43. The van der Waals surface area contributed by atoms with E-state index in [9.17, 15) is 43.2 Å². The van der Waals surface area contributed by atoms with Gasteiger partial charge < -0.3 is 34.8 Å². The Hall–Kier alpha value is -4.79. The Morgan fingerprint density at radius 3 is 1.96 bits per heavy atom. The number of hydrogen-bond acceptors (Lipinski definition) is 13. The van der Waals surface area contributed by atoms with Crippen molar-refractivity contribution in [2.45, 2.75) is 215 Å². The molecule has 20 heteroatoms. The van der Waals surface area contributed by atoms with Gasteiger partial charge in [-0.3, -0.25) is 57.8 Å². The van der Waals surface area contributed by atoms with Crippen LogP contribution in [0.15, 0.2) is 11.6 Å². The first-order valence-electron chi connectivity index (χ1n) is 32.3. The topological polar surface area (TPSA) is 225 Å². The lowest BCUT2D eigenvalue weighted by Crippen LogP contribution is -2.56. The maximum atomic E-state index is 14.5. The van der Waals surface area contributed by atoms with Gasteiger partial charge >= 0.3 is 0 Å². The molecule has 3 heterocycles. The summed E-state index contributed by atoms with van der Waals surface area (Å²) >= 11 is 0. The number of piperidine rings is 1. The molecule has 5 fully saturated rings. The molecule has 85 heavy (non-hydrogen) atoms. The highest BCUT2D eigenvalue weighted by atomic mass is 16.7. The monoisotopic (exact) mass is 1190 g/mol. The molecule has 3 saturated heterocycles. The molecule has 2 N–H and O–H groups in total. The van der Waals surface area contributed by atoms with Crippen molar-refractivity contribution in [3.05, 3.63) is 11.6 Å². The third kappa shape index (κ3) is 15.7. The lowest BCUT2D eigenvalue weighted by Gasteiger charge is -2.37. The zero-order valence-electron chi connectivity index (χ0n) is 55.1. The Kier molecular flexibility index (Phi) is 25.8. The molecular weight excluding hydrogens is 1080 g/mol. The number of rotatable bonds is 35. The van der Waals surface area contributed by atoms with Gasteiger partial charge in [-0.2, -0.15) is 0 Å². The molecule has 0 bridgehead atoms. The minimum absolute atomic E-state index is 0.0124. The van der Waals surface area contributed by atoms with Crippen molar-refractivity contribution >= 4 is 53.0 Å². The van der Waals surface area contributed by atoms with Gasteiger partial charge in [0.05, 0.1) is 60.6 Å². The van der Waals surface area contributed by atoms with Crippen molar-refractivity contribution in [1.29, 1.82) is 0 Å². The summed E-state index contributed by atoms with van der Waals surface area (Å²) < 4.78 is 12.2. The Labute approximate surface area is 509 Å². The van der Waals surface area contributed by atoms with Crippen LogP contribution in [0.4, 0.5) is 0 Å². The van der Waals surface area contributed by atoms with Crippen molar-refractivity contribution in [3.63, 3.8) is 0 Å². The van der Waals surface area contributed by atoms with E-state index in [2.05, 4.69) is 24.5 Å². The molecule has 2 aliphatic carbocycles. The molecule has 2 saturated carbocycles. The number of ether oxygens (including phenoxy) is 2. The van der Waals surface area contributed by atoms with E-state index in [4.69, 9.17) is 14.3 Å². The number of imide groups is 1. The number of carbonyl (C=O) groups excluding carboxylic acids is 9. The number of ketones is 1. The molecule has 3 aliphatic heterocycles. The van der Waals surface area contributed by atoms with Crippen LogP contribution in [-0.2, 0) is 57.5 Å². The first kappa shape index (κ1) is 71.0. The van der Waals surface area contributed by atoms with Crippen LogP contribution < -0.4 is 10.6 Å². The fourth-order valence-corrected chi connectivity index (χ4v) is 14.7. The lowest BCUT2D eigenvalue weighted by molar-refractivity contribution is -0.201. The van der Waals surface area contributed by atoms with E-state index in [1.807, 2.05) is 79.2 Å². The van der Waals surface area contributed by atoms with Crippen LogP contribution in [0.1, 0.15) is 179 Å². The molecule has 0 aromatic heterocycles. The van der Waals surface area contributed by atoms with Crippen LogP contribution in [0, 0.1) is 52.3 Å². The van der Waals surface area contributed by atoms with Crippen molar-refractivity contribution in [1.82, 2.24) is 40.2 Å². The number of fused-ring (bicyclic) bond motifs is 1. The van der Waals surface area contributed by atoms with Crippen molar-refractivity contribution in [2.24, 2.45) is 52.3 Å². The quantitative estimate of drug-likeness (QED) is 0.0491. The highest BCUT2D eigenvalue weighted by molar-refractivity contribution is 6.13. The molecule has 13 unspecified atom stereocenters. The van der Waals surface area contributed by atoms with Gasteiger partial charge in [-0.25, -0.2) is 5.06 Å². The van der Waals surface area contributed by atoms with Gasteiger partial charge in [0.1, 0.15) is 5.54 Å². The van der Waals surface area contributed by atoms with E-state index in [-0.39, 0.29) is 126 Å². The van der Waals surface area contributed by atoms with Crippen molar-refractivity contribution < 1.29 is 57.5 Å². The summed E-state index contributed by atoms with van der Waals surface area (Å²) in [6, 6.07) is -1.74. The van der Waals surface area contributed by atoms with Crippen molar-refractivity contribution in [3.8, 4) is 0 Å². The smallest absolute Gasteiger partial charge is 0.272 e. The Balaban J connectivity index is 1.10. The lowest BCUT2D eigenvalue weighted by atomic mass is 9.80. The summed E-state index contributed by atoms with van der Waals surface area (Å²) in [5.41, 5.74) is -1.08. The standard InChI is InChI=1S/C65H110N8O12/c1-18-44(10)47(50(83-16)39-53(77)71-31-24-27-48(71)56(84-17)45(11)58(78)67-65(40-46(65)19-2)62(82)73-33-22-23-36-85-73)37-43(9)38-49(74)54(41(5)6)66-59(79)55(42(7)8)70(15)30-25-28-51(75)68(13)34-35-69(14)52(76)29-26-32-72-60(80)57-63(12,20-3)64(57,21-4)61(72)81/h38,41-42,44-48,50,54-57H,18-37,39-40H2,1-17H3,(H,66,79)(H,67,78)/b43-38+. The molecule has 0 aromatic carbocycles. The Morgan fingerprint density at radius 1 is 0.800 bits per heavy atom. The molecule has 20 nitrogen and oxygen atoms in total. The van der Waals surface area contributed by atoms with Crippen LogP contribution in [0.2, 0.25) is 0 Å². The highest BCUT2D eigenvalue weighted by Gasteiger charge is 2.83. The maximum absolute atomic E-state index is 14.5. The molecule has 0 aromatic rings. The van der Waals surface area contributed by atoms with E-state index in [0.29, 0.717) is 77.9 Å². The van der Waals surface area contributed by atoms with E-state index in [1.165, 1.54) is 9.96 Å². The summed E-state index contributed by atoms with van der Waals surface area (Å²) in [5.74, 6) is -2.74. The van der Waals surface area contributed by atoms with Gasteiger partial charge in [0.15, 0.2) is 5.78 Å². The number of hydroxylamine groups is 2. The fraction of sp³-hybridized carbons (Fsp3) is 0.831. The summed E-state index contributed by atoms with van der Waals surface area (Å²) in [6.45, 7) is 26.5. The highest BCUT2D eigenvalue weighted by Crippen LogP contribution is 2.76. The van der Waals surface area contributed by atoms with Crippen LogP contribution in [0.25, 0.3) is 0 Å². The molecule has 5 aliphatic rings. The number of likely N-dealkylation sites (tertiary alicyclic amines) is 2. The van der Waals surface area contributed by atoms with Gasteiger partial charge in [-0.05, 0) is 126 Å². The number of amides is 8. The first-order valence-corrected chi connectivity index (χ1v) is 32.3. The zero-order chi connectivity index (χ0) is 63.5. The molecule has 0 radical (unpaired) electrons. The third-order valence-corrected chi connectivity index (χ3v) is 20.6. The van der Waals surface area contributed by atoms with Gasteiger partial charge in [-0.1, -0.05) is 94.6 Å². The molecule has 5 rings (SSSR count). The number of likely N-dealkylation sites (N-methyl/N-ethyl adjacent to an activating group) is 3. The van der Waals surface area contributed by atoms with Gasteiger partial charge in [0.25, 0.3) is 5.91 Å². The second-order valence-electron chi connectivity index (χ2n) is 26.7. The normalized spacial score (nSPS) is 26.4. The van der Waals surface area contributed by atoms with E-state index in [0.717, 1.165) is 44.1 Å². The molecule has 482 valence electrons. The summed E-state index contributed by atoms with van der Waals surface area (Å²) in [5, 5.41) is 7.63. The number of allylic oxidation sites excluding steroid dienone is 1. The summed E-state index contributed by atoms with van der Waals surface area (Å²) in [6.07, 6.45) is 9.07. The first-order chi connectivity index (χ1) is 40.1. The van der Waals surface area contributed by atoms with E-state index < -0.39 is 41.2 Å². The fourth-order valence-electron chi connectivity index (χ4n) is 14.7. The SMILES string of the molecule is CCC(C)C(C/C(C)=C/C(=O)C(NC(=O)C(C(C)C)N(C)CCCC(=O)N(C)CCN(C)C(=O)CCCN1C(=O)C2C(C)(CC)C2(CC)C1=O)C(C)C)C(CC(=O)N1CCCC1C(OC)C(C)C(=O)NC1(C(=O)N2CCCCO2)CC1CC)OC. The number of nitrogens with one attached hydrogen (secondary N) is 2. The largest absolute Gasteiger partial charge is 0.381 e. The van der Waals surface area contributed by atoms with Crippen LogP contribution in [0.3, 0.4) is 0 Å². The minimum atomic E-state index is -1.01. The Morgan fingerprint density at radius 2 is 1.45 bits per heavy atom. The molecule has 8 amide bonds. The number of hydrogen-bond donors (Lipinski definition) is 2. The molecule has 13 atom stereocenters. The second-order valence-corrected chi connectivity index (χ2v) is 26.7. The van der Waals surface area contributed by atoms with Crippen LogP contribution >= 0.6 is 0 Å². The number of methoxy groups -OCH3 is 2. The van der Waals surface area contributed by atoms with Crippen LogP contribution in [-0.4, -0.2) is 200 Å². The van der Waals surface area contributed by atoms with Crippen molar-refractivity contribution in [2.75, 3.05) is 81.2 Å². The van der Waals surface area contributed by atoms with E-state index in [1.54, 1.807) is 51.1 Å².